The third-order valence-corrected chi connectivity index (χ3v) is 4.01. The molecular formula is C17H26N2O2. The van der Waals surface area contributed by atoms with E-state index < -0.39 is 0 Å². The van der Waals surface area contributed by atoms with E-state index in [9.17, 15) is 4.79 Å². The molecule has 1 atom stereocenters. The van der Waals surface area contributed by atoms with Gasteiger partial charge in [0.2, 0.25) is 0 Å². The maximum atomic E-state index is 12.7. The van der Waals surface area contributed by atoms with Crippen LogP contribution in [0.15, 0.2) is 24.3 Å². The van der Waals surface area contributed by atoms with Crippen molar-refractivity contribution in [1.82, 2.24) is 10.2 Å². The minimum Gasteiger partial charge on any atom is -0.497 e. The molecule has 21 heavy (non-hydrogen) atoms. The molecule has 1 aromatic rings. The summed E-state index contributed by atoms with van der Waals surface area (Å²) in [5, 5.41) is 3.47. The Balaban J connectivity index is 2.03. The number of hydrogen-bond donors (Lipinski definition) is 1. The number of unbranched alkanes of at least 4 members (excludes halogenated alkanes) is 1. The smallest absolute Gasteiger partial charge is 0.253 e. The first-order valence-corrected chi connectivity index (χ1v) is 7.91. The number of benzene rings is 1. The fourth-order valence-corrected chi connectivity index (χ4v) is 2.72. The SMILES string of the molecule is CCCCN(CC1CCCN1)C(=O)c1ccc(OC)cc1. The van der Waals surface area contributed by atoms with E-state index in [0.29, 0.717) is 6.04 Å². The normalized spacial score (nSPS) is 17.7. The fraction of sp³-hybridized carbons (Fsp3) is 0.588. The van der Waals surface area contributed by atoms with E-state index in [1.165, 1.54) is 12.8 Å². The van der Waals surface area contributed by atoms with Gasteiger partial charge in [0.1, 0.15) is 5.75 Å². The van der Waals surface area contributed by atoms with Crippen LogP contribution in [0.1, 0.15) is 43.0 Å². The van der Waals surface area contributed by atoms with Crippen molar-refractivity contribution >= 4 is 5.91 Å². The van der Waals surface area contributed by atoms with E-state index in [4.69, 9.17) is 4.74 Å². The quantitative estimate of drug-likeness (QED) is 0.839. The van der Waals surface area contributed by atoms with Crippen molar-refractivity contribution in [1.29, 1.82) is 0 Å². The summed E-state index contributed by atoms with van der Waals surface area (Å²) >= 11 is 0. The molecule has 0 radical (unpaired) electrons. The third-order valence-electron chi connectivity index (χ3n) is 4.01. The van der Waals surface area contributed by atoms with Crippen molar-refractivity contribution in [2.75, 3.05) is 26.7 Å². The molecule has 1 aromatic carbocycles. The second-order valence-electron chi connectivity index (χ2n) is 5.63. The van der Waals surface area contributed by atoms with Gasteiger partial charge in [0.05, 0.1) is 7.11 Å². The molecule has 1 amide bonds. The third kappa shape index (κ3) is 4.46. The largest absolute Gasteiger partial charge is 0.497 e. The van der Waals surface area contributed by atoms with Gasteiger partial charge < -0.3 is 15.0 Å². The van der Waals surface area contributed by atoms with Crippen LogP contribution in [0.4, 0.5) is 0 Å². The number of amides is 1. The molecular weight excluding hydrogens is 264 g/mol. The Hall–Kier alpha value is -1.55. The predicted octanol–water partition coefficient (Wildman–Crippen LogP) is 2.69. The van der Waals surface area contributed by atoms with Crippen LogP contribution in [0, 0.1) is 0 Å². The monoisotopic (exact) mass is 290 g/mol. The molecule has 1 aliphatic heterocycles. The first kappa shape index (κ1) is 15.8. The molecule has 0 bridgehead atoms. The van der Waals surface area contributed by atoms with Gasteiger partial charge in [0.15, 0.2) is 0 Å². The van der Waals surface area contributed by atoms with Gasteiger partial charge in [-0.05, 0) is 50.1 Å². The molecule has 1 unspecified atom stereocenters. The van der Waals surface area contributed by atoms with Crippen LogP contribution < -0.4 is 10.1 Å². The van der Waals surface area contributed by atoms with Crippen molar-refractivity contribution in [3.05, 3.63) is 29.8 Å². The number of hydrogen-bond acceptors (Lipinski definition) is 3. The van der Waals surface area contributed by atoms with Crippen LogP contribution in [0.5, 0.6) is 5.75 Å². The van der Waals surface area contributed by atoms with Crippen molar-refractivity contribution in [2.24, 2.45) is 0 Å². The average Bonchev–Trinajstić information content (AvgIpc) is 3.04. The van der Waals surface area contributed by atoms with Gasteiger partial charge in [-0.1, -0.05) is 13.3 Å². The van der Waals surface area contributed by atoms with E-state index >= 15 is 0 Å². The zero-order chi connectivity index (χ0) is 15.1. The minimum atomic E-state index is 0.125. The van der Waals surface area contributed by atoms with Crippen LogP contribution in [0.3, 0.4) is 0 Å². The molecule has 0 aromatic heterocycles. The van der Waals surface area contributed by atoms with Gasteiger partial charge in [-0.3, -0.25) is 4.79 Å². The molecule has 0 aliphatic carbocycles. The molecule has 1 N–H and O–H groups in total. The second kappa shape index (κ2) is 8.03. The number of nitrogens with one attached hydrogen (secondary N) is 1. The Morgan fingerprint density at radius 2 is 2.14 bits per heavy atom. The highest BCUT2D eigenvalue weighted by molar-refractivity contribution is 5.94. The number of methoxy groups -OCH3 is 1. The van der Waals surface area contributed by atoms with Gasteiger partial charge in [0.25, 0.3) is 5.91 Å². The number of rotatable bonds is 7. The van der Waals surface area contributed by atoms with Crippen molar-refractivity contribution in [2.45, 2.75) is 38.6 Å². The van der Waals surface area contributed by atoms with E-state index in [1.54, 1.807) is 7.11 Å². The lowest BCUT2D eigenvalue weighted by Crippen LogP contribution is -2.41. The molecule has 1 fully saturated rings. The number of ether oxygens (including phenoxy) is 1. The van der Waals surface area contributed by atoms with Gasteiger partial charge >= 0.3 is 0 Å². The summed E-state index contributed by atoms with van der Waals surface area (Å²) in [6.45, 7) is 4.87. The lowest BCUT2D eigenvalue weighted by molar-refractivity contribution is 0.0739. The summed E-state index contributed by atoms with van der Waals surface area (Å²) in [7, 11) is 1.64. The lowest BCUT2D eigenvalue weighted by Gasteiger charge is -2.26. The summed E-state index contributed by atoms with van der Waals surface area (Å²) in [6, 6.07) is 7.84. The first-order chi connectivity index (χ1) is 10.2. The molecule has 1 heterocycles. The second-order valence-corrected chi connectivity index (χ2v) is 5.63. The molecule has 0 spiro atoms. The number of nitrogens with zero attached hydrogens (tertiary/aromatic N) is 1. The van der Waals surface area contributed by atoms with Gasteiger partial charge in [0, 0.05) is 24.7 Å². The van der Waals surface area contributed by atoms with Crippen molar-refractivity contribution < 1.29 is 9.53 Å². The van der Waals surface area contributed by atoms with Crippen molar-refractivity contribution in [3.8, 4) is 5.75 Å². The van der Waals surface area contributed by atoms with Gasteiger partial charge in [-0.2, -0.15) is 0 Å². The maximum Gasteiger partial charge on any atom is 0.253 e. The molecule has 1 aliphatic rings. The summed E-state index contributed by atoms with van der Waals surface area (Å²) in [6.07, 6.45) is 4.53. The Morgan fingerprint density at radius 3 is 2.71 bits per heavy atom. The first-order valence-electron chi connectivity index (χ1n) is 7.91. The van der Waals surface area contributed by atoms with E-state index in [1.807, 2.05) is 29.2 Å². The Kier molecular flexibility index (Phi) is 6.05. The summed E-state index contributed by atoms with van der Waals surface area (Å²) in [4.78, 5) is 14.7. The zero-order valence-electron chi connectivity index (χ0n) is 13.1. The van der Waals surface area contributed by atoms with Crippen LogP contribution in [0.2, 0.25) is 0 Å². The Labute approximate surface area is 127 Å². The molecule has 116 valence electrons. The highest BCUT2D eigenvalue weighted by Gasteiger charge is 2.22. The maximum absolute atomic E-state index is 12.7. The molecule has 2 rings (SSSR count). The summed E-state index contributed by atoms with van der Waals surface area (Å²) in [5.41, 5.74) is 0.741. The lowest BCUT2D eigenvalue weighted by atomic mass is 10.1. The van der Waals surface area contributed by atoms with Crippen LogP contribution >= 0.6 is 0 Å². The van der Waals surface area contributed by atoms with E-state index in [2.05, 4.69) is 12.2 Å². The van der Waals surface area contributed by atoms with Crippen LogP contribution in [0.25, 0.3) is 0 Å². The predicted molar refractivity (Wildman–Crippen MR) is 84.8 cm³/mol. The standard InChI is InChI=1S/C17H26N2O2/c1-3-4-12-19(13-15-6-5-11-18-15)17(20)14-7-9-16(21-2)10-8-14/h7-10,15,18H,3-6,11-13H2,1-2H3. The molecule has 4 nitrogen and oxygen atoms in total. The van der Waals surface area contributed by atoms with Gasteiger partial charge in [-0.25, -0.2) is 0 Å². The Morgan fingerprint density at radius 1 is 1.38 bits per heavy atom. The van der Waals surface area contributed by atoms with Crippen LogP contribution in [-0.4, -0.2) is 43.6 Å². The highest BCUT2D eigenvalue weighted by Crippen LogP contribution is 2.15. The molecule has 1 saturated heterocycles. The number of carbonyl (C=O) groups excluding carboxylic acids is 1. The van der Waals surface area contributed by atoms with Gasteiger partial charge in [-0.15, -0.1) is 0 Å². The van der Waals surface area contributed by atoms with E-state index in [0.717, 1.165) is 43.8 Å². The van der Waals surface area contributed by atoms with Crippen LogP contribution in [-0.2, 0) is 0 Å². The number of carbonyl (C=O) groups is 1. The highest BCUT2D eigenvalue weighted by atomic mass is 16.5. The van der Waals surface area contributed by atoms with E-state index in [-0.39, 0.29) is 5.91 Å². The topological polar surface area (TPSA) is 41.6 Å². The summed E-state index contributed by atoms with van der Waals surface area (Å²) in [5.74, 6) is 0.906. The minimum absolute atomic E-state index is 0.125. The average molecular weight is 290 g/mol. The fourth-order valence-electron chi connectivity index (χ4n) is 2.72. The molecule has 0 saturated carbocycles. The molecule has 4 heteroatoms. The summed E-state index contributed by atoms with van der Waals surface area (Å²) < 4.78 is 5.15. The van der Waals surface area contributed by atoms with Crippen molar-refractivity contribution in [3.63, 3.8) is 0 Å². The Bertz CT molecular complexity index is 439. The zero-order valence-corrected chi connectivity index (χ0v) is 13.1.